The number of nitrogens with one attached hydrogen (secondary N) is 1. The maximum Gasteiger partial charge on any atom is 0.123 e. The number of ether oxygens (including phenoxy) is 1. The molecule has 1 fully saturated rings. The summed E-state index contributed by atoms with van der Waals surface area (Å²) in [5, 5.41) is 3.26. The van der Waals surface area contributed by atoms with Crippen LogP contribution in [0.1, 0.15) is 17.2 Å². The molecule has 2 atom stereocenters. The number of rotatable bonds is 3. The molecule has 0 bridgehead atoms. The van der Waals surface area contributed by atoms with E-state index in [0.717, 1.165) is 30.8 Å². The summed E-state index contributed by atoms with van der Waals surface area (Å²) >= 11 is 0. The van der Waals surface area contributed by atoms with E-state index < -0.39 is 0 Å². The number of likely N-dealkylation sites (N-methyl/N-ethyl adjacent to an activating group) is 2. The highest BCUT2D eigenvalue weighted by atomic mass is 19.1. The van der Waals surface area contributed by atoms with Gasteiger partial charge in [-0.3, -0.25) is 0 Å². The van der Waals surface area contributed by atoms with Crippen molar-refractivity contribution in [3.63, 3.8) is 0 Å². The first-order chi connectivity index (χ1) is 8.61. The molecule has 1 aliphatic heterocycles. The van der Waals surface area contributed by atoms with E-state index in [1.54, 1.807) is 6.07 Å². The van der Waals surface area contributed by atoms with Gasteiger partial charge >= 0.3 is 0 Å². The van der Waals surface area contributed by atoms with Crippen LogP contribution in [0.25, 0.3) is 0 Å². The number of hydrogen-bond donors (Lipinski definition) is 1. The second-order valence-electron chi connectivity index (χ2n) is 4.94. The SMILES string of the molecule is CNC(c1cc(F)ccc1C)C1CN(C)CCO1. The summed E-state index contributed by atoms with van der Waals surface area (Å²) in [5.74, 6) is -0.194. The van der Waals surface area contributed by atoms with Crippen molar-refractivity contribution >= 4 is 0 Å². The lowest BCUT2D eigenvalue weighted by Crippen LogP contribution is -2.46. The van der Waals surface area contributed by atoms with E-state index in [2.05, 4.69) is 17.3 Å². The molecule has 1 aromatic rings. The Bertz CT molecular complexity index is 411. The van der Waals surface area contributed by atoms with Gasteiger partial charge in [0.05, 0.1) is 18.8 Å². The molecule has 1 heterocycles. The van der Waals surface area contributed by atoms with Gasteiger partial charge in [0.15, 0.2) is 0 Å². The van der Waals surface area contributed by atoms with Gasteiger partial charge in [-0.1, -0.05) is 6.07 Å². The minimum absolute atomic E-state index is 0.0310. The second kappa shape index (κ2) is 5.78. The monoisotopic (exact) mass is 252 g/mol. The molecule has 4 heteroatoms. The average Bonchev–Trinajstić information content (AvgIpc) is 2.35. The lowest BCUT2D eigenvalue weighted by atomic mass is 9.96. The van der Waals surface area contributed by atoms with Crippen LogP contribution in [0.15, 0.2) is 18.2 Å². The third-order valence-electron chi connectivity index (χ3n) is 3.56. The van der Waals surface area contributed by atoms with Crippen LogP contribution in [-0.2, 0) is 4.74 Å². The van der Waals surface area contributed by atoms with Crippen LogP contribution in [0.3, 0.4) is 0 Å². The number of hydrogen-bond acceptors (Lipinski definition) is 3. The second-order valence-corrected chi connectivity index (χ2v) is 4.94. The molecule has 2 rings (SSSR count). The van der Waals surface area contributed by atoms with E-state index in [4.69, 9.17) is 4.74 Å². The summed E-state index contributed by atoms with van der Waals surface area (Å²) in [4.78, 5) is 2.24. The summed E-state index contributed by atoms with van der Waals surface area (Å²) in [6, 6.07) is 4.96. The Labute approximate surface area is 108 Å². The Hall–Kier alpha value is -0.970. The highest BCUT2D eigenvalue weighted by molar-refractivity contribution is 5.30. The molecule has 1 aromatic carbocycles. The molecule has 0 spiro atoms. The van der Waals surface area contributed by atoms with Crippen LogP contribution in [0, 0.1) is 12.7 Å². The fourth-order valence-corrected chi connectivity index (χ4v) is 2.50. The van der Waals surface area contributed by atoms with Crippen molar-refractivity contribution in [2.75, 3.05) is 33.8 Å². The van der Waals surface area contributed by atoms with Gasteiger partial charge in [0, 0.05) is 13.1 Å². The van der Waals surface area contributed by atoms with Gasteiger partial charge in [0.25, 0.3) is 0 Å². The zero-order chi connectivity index (χ0) is 13.1. The predicted molar refractivity (Wildman–Crippen MR) is 70.2 cm³/mol. The lowest BCUT2D eigenvalue weighted by Gasteiger charge is -2.35. The van der Waals surface area contributed by atoms with Crippen LogP contribution in [0.4, 0.5) is 4.39 Å². The fraction of sp³-hybridized carbons (Fsp3) is 0.571. The first-order valence-corrected chi connectivity index (χ1v) is 6.35. The quantitative estimate of drug-likeness (QED) is 0.886. The van der Waals surface area contributed by atoms with Crippen molar-refractivity contribution in [3.8, 4) is 0 Å². The highest BCUT2D eigenvalue weighted by Crippen LogP contribution is 2.25. The molecule has 100 valence electrons. The van der Waals surface area contributed by atoms with E-state index in [9.17, 15) is 4.39 Å². The molecule has 18 heavy (non-hydrogen) atoms. The molecular weight excluding hydrogens is 231 g/mol. The average molecular weight is 252 g/mol. The fourth-order valence-electron chi connectivity index (χ4n) is 2.50. The molecule has 2 unspecified atom stereocenters. The first-order valence-electron chi connectivity index (χ1n) is 6.35. The third kappa shape index (κ3) is 2.88. The molecule has 0 saturated carbocycles. The summed E-state index contributed by atoms with van der Waals surface area (Å²) in [5.41, 5.74) is 2.07. The number of aryl methyl sites for hydroxylation is 1. The number of halogens is 1. The van der Waals surface area contributed by atoms with Gasteiger partial charge in [0.2, 0.25) is 0 Å². The van der Waals surface area contributed by atoms with Crippen molar-refractivity contribution in [2.24, 2.45) is 0 Å². The molecule has 3 nitrogen and oxygen atoms in total. The largest absolute Gasteiger partial charge is 0.374 e. The Balaban J connectivity index is 2.24. The van der Waals surface area contributed by atoms with Gasteiger partial charge in [-0.05, 0) is 44.3 Å². The van der Waals surface area contributed by atoms with E-state index in [1.165, 1.54) is 6.07 Å². The highest BCUT2D eigenvalue weighted by Gasteiger charge is 2.28. The normalized spacial score (nSPS) is 23.0. The van der Waals surface area contributed by atoms with Crippen LogP contribution in [0.5, 0.6) is 0 Å². The van der Waals surface area contributed by atoms with Crippen molar-refractivity contribution in [1.82, 2.24) is 10.2 Å². The van der Waals surface area contributed by atoms with Gasteiger partial charge < -0.3 is 15.0 Å². The Morgan fingerprint density at radius 1 is 1.50 bits per heavy atom. The maximum atomic E-state index is 13.4. The predicted octanol–water partition coefficient (Wildman–Crippen LogP) is 1.73. The van der Waals surface area contributed by atoms with Gasteiger partial charge in [-0.25, -0.2) is 4.39 Å². The van der Waals surface area contributed by atoms with E-state index in [1.807, 2.05) is 20.0 Å². The molecule has 0 amide bonds. The van der Waals surface area contributed by atoms with Crippen LogP contribution in [-0.4, -0.2) is 44.8 Å². The molecule has 0 radical (unpaired) electrons. The number of morpholine rings is 1. The molecule has 1 saturated heterocycles. The topological polar surface area (TPSA) is 24.5 Å². The molecular formula is C14H21FN2O. The zero-order valence-corrected chi connectivity index (χ0v) is 11.2. The van der Waals surface area contributed by atoms with E-state index >= 15 is 0 Å². The van der Waals surface area contributed by atoms with Crippen molar-refractivity contribution in [1.29, 1.82) is 0 Å². The van der Waals surface area contributed by atoms with Crippen LogP contribution in [0.2, 0.25) is 0 Å². The molecule has 1 N–H and O–H groups in total. The van der Waals surface area contributed by atoms with Crippen molar-refractivity contribution < 1.29 is 9.13 Å². The Morgan fingerprint density at radius 3 is 2.94 bits per heavy atom. The lowest BCUT2D eigenvalue weighted by molar-refractivity contribution is -0.0381. The van der Waals surface area contributed by atoms with E-state index in [0.29, 0.717) is 0 Å². The number of benzene rings is 1. The maximum absolute atomic E-state index is 13.4. The van der Waals surface area contributed by atoms with Gasteiger partial charge in [0.1, 0.15) is 5.82 Å². The summed E-state index contributed by atoms with van der Waals surface area (Å²) in [7, 11) is 3.98. The van der Waals surface area contributed by atoms with E-state index in [-0.39, 0.29) is 18.0 Å². The summed E-state index contributed by atoms with van der Waals surface area (Å²) in [6.45, 7) is 4.55. The van der Waals surface area contributed by atoms with Crippen LogP contribution >= 0.6 is 0 Å². The first kappa shape index (κ1) is 13.5. The van der Waals surface area contributed by atoms with Crippen LogP contribution < -0.4 is 5.32 Å². The number of nitrogens with zero attached hydrogens (tertiary/aromatic N) is 1. The smallest absolute Gasteiger partial charge is 0.123 e. The molecule has 0 aliphatic carbocycles. The van der Waals surface area contributed by atoms with Gasteiger partial charge in [-0.2, -0.15) is 0 Å². The standard InChI is InChI=1S/C14H21FN2O/c1-10-4-5-11(15)8-12(10)14(16-2)13-9-17(3)6-7-18-13/h4-5,8,13-14,16H,6-7,9H2,1-3H3. The van der Waals surface area contributed by atoms with Gasteiger partial charge in [-0.15, -0.1) is 0 Å². The summed E-state index contributed by atoms with van der Waals surface area (Å²) < 4.78 is 19.2. The van der Waals surface area contributed by atoms with Crippen molar-refractivity contribution in [2.45, 2.75) is 19.1 Å². The molecule has 0 aromatic heterocycles. The third-order valence-corrected chi connectivity index (χ3v) is 3.56. The molecule has 1 aliphatic rings. The zero-order valence-electron chi connectivity index (χ0n) is 11.2. The van der Waals surface area contributed by atoms with Crippen molar-refractivity contribution in [3.05, 3.63) is 35.1 Å². The minimum Gasteiger partial charge on any atom is -0.374 e. The summed E-state index contributed by atoms with van der Waals surface area (Å²) in [6.07, 6.45) is 0.0641. The minimum atomic E-state index is -0.194. The Morgan fingerprint density at radius 2 is 2.28 bits per heavy atom. The Kier molecular flexibility index (Phi) is 4.32.